The van der Waals surface area contributed by atoms with Gasteiger partial charge in [-0.2, -0.15) is 0 Å². The number of aliphatic hydroxyl groups is 1. The van der Waals surface area contributed by atoms with Gasteiger partial charge < -0.3 is 28.8 Å². The van der Waals surface area contributed by atoms with Gasteiger partial charge in [-0.05, 0) is 97.4 Å². The minimum Gasteiger partial charge on any atom is -0.459 e. The molecule has 54 heavy (non-hydrogen) atoms. The number of carbonyl (C=O) groups excluding carboxylic acids is 4. The molecule has 4 bridgehead atoms. The van der Waals surface area contributed by atoms with Crippen LogP contribution in [0.1, 0.15) is 127 Å². The number of allylic oxidation sites excluding steroid dienone is 1. The summed E-state index contributed by atoms with van der Waals surface area (Å²) in [6.45, 7) is 22.2. The standard InChI is InChI=1S/C44H62O10/c1-21-25-16-27(31-40(9)14-11-13-38(5,6)29(40)12-15-42(31,18-25)33(21)47)52-37-43-19-26(22(2)34(43)48)17-30-44(43,54-30)41(10)32(36(49)53-37)39(7,8)20-28(50-23(3)45)35(41)51-24(4)46/h22,25-32,35-37,49H,1,11-20H2,2-10H3/t22-,25-,26-,27+,28+,29-,30-,31?,32-,35+,36-,37-,40-,41+,42-,43+,44+/m1/s1. The zero-order valence-electron chi connectivity index (χ0n) is 33.8. The van der Waals surface area contributed by atoms with Crippen LogP contribution in [-0.2, 0) is 42.9 Å². The number of hydrogen-bond donors (Lipinski definition) is 1. The SMILES string of the molecule is C=C1C(=O)[C@@]23CC[C@@H]4C(C)(C)CCC[C@@]4(C)C2[C@@H](O[C@@H]2O[C@@H](O)[C@@H]4C(C)(C)C[C@H](OC(C)=O)[C@H](OC(C)=O)[C@@]4(C)[C@@]45O[C@@H]4C[C@@H]4C[C@]25C(=O)[C@@H]4C)C[C@@H]1C3. The molecule has 10 nitrogen and oxygen atoms in total. The van der Waals surface area contributed by atoms with Crippen molar-refractivity contribution in [2.24, 2.45) is 68.0 Å². The summed E-state index contributed by atoms with van der Waals surface area (Å²) in [5, 5.41) is 12.6. The average Bonchev–Trinajstić information content (AvgIpc) is 3.75. The molecule has 0 amide bonds. The minimum atomic E-state index is -1.43. The molecule has 0 aromatic heterocycles. The Kier molecular flexibility index (Phi) is 7.82. The first kappa shape index (κ1) is 37.4. The van der Waals surface area contributed by atoms with Gasteiger partial charge in [0.2, 0.25) is 0 Å². The zero-order valence-corrected chi connectivity index (χ0v) is 33.8. The molecule has 1 N–H and O–H groups in total. The van der Waals surface area contributed by atoms with Crippen LogP contribution in [0, 0.1) is 68.0 Å². The van der Waals surface area contributed by atoms with Crippen LogP contribution < -0.4 is 0 Å². The van der Waals surface area contributed by atoms with E-state index in [9.17, 15) is 19.5 Å². The Balaban J connectivity index is 1.22. The molecule has 298 valence electrons. The maximum atomic E-state index is 15.4. The monoisotopic (exact) mass is 750 g/mol. The van der Waals surface area contributed by atoms with E-state index in [0.717, 1.165) is 38.5 Å². The first-order valence-electron chi connectivity index (χ1n) is 20.9. The fraction of sp³-hybridized carbons (Fsp3) is 0.864. The first-order chi connectivity index (χ1) is 25.1. The van der Waals surface area contributed by atoms with Crippen molar-refractivity contribution in [1.82, 2.24) is 0 Å². The lowest BCUT2D eigenvalue weighted by molar-refractivity contribution is -0.315. The number of fused-ring (bicyclic) bond motifs is 5. The van der Waals surface area contributed by atoms with Gasteiger partial charge in [0.05, 0.1) is 12.2 Å². The van der Waals surface area contributed by atoms with E-state index in [1.165, 1.54) is 13.8 Å². The van der Waals surface area contributed by atoms with Gasteiger partial charge in [-0.1, -0.05) is 61.5 Å². The molecule has 0 aromatic carbocycles. The van der Waals surface area contributed by atoms with E-state index in [4.69, 9.17) is 23.7 Å². The van der Waals surface area contributed by atoms with Crippen molar-refractivity contribution in [2.75, 3.05) is 0 Å². The zero-order chi connectivity index (χ0) is 38.9. The lowest BCUT2D eigenvalue weighted by Crippen LogP contribution is -2.71. The molecule has 7 saturated carbocycles. The van der Waals surface area contributed by atoms with Gasteiger partial charge in [-0.15, -0.1) is 0 Å². The van der Waals surface area contributed by atoms with Gasteiger partial charge >= 0.3 is 11.9 Å². The molecular formula is C44H62O10. The second-order valence-electron chi connectivity index (χ2n) is 21.4. The third-order valence-corrected chi connectivity index (χ3v) is 18.0. The van der Waals surface area contributed by atoms with E-state index in [0.29, 0.717) is 37.2 Å². The van der Waals surface area contributed by atoms with Gasteiger partial charge in [-0.3, -0.25) is 19.2 Å². The average molecular weight is 751 g/mol. The van der Waals surface area contributed by atoms with Crippen LogP contribution in [-0.4, -0.2) is 71.2 Å². The number of ether oxygens (including phenoxy) is 5. The summed E-state index contributed by atoms with van der Waals surface area (Å²) < 4.78 is 33.8. The number of epoxide rings is 1. The Bertz CT molecular complexity index is 1720. The van der Waals surface area contributed by atoms with E-state index in [-0.39, 0.29) is 52.2 Å². The number of rotatable bonds is 4. The molecule has 0 radical (unpaired) electrons. The van der Waals surface area contributed by atoms with Gasteiger partial charge in [0, 0.05) is 42.4 Å². The maximum Gasteiger partial charge on any atom is 0.303 e. The molecule has 2 heterocycles. The second-order valence-corrected chi connectivity index (χ2v) is 21.4. The number of esters is 2. The Morgan fingerprint density at radius 3 is 2.26 bits per heavy atom. The molecule has 0 aromatic rings. The number of hydrogen-bond acceptors (Lipinski definition) is 10. The summed E-state index contributed by atoms with van der Waals surface area (Å²) in [6.07, 6.45) is 2.54. The molecule has 9 rings (SSSR count). The molecular weight excluding hydrogens is 688 g/mol. The van der Waals surface area contributed by atoms with Crippen LogP contribution in [0.25, 0.3) is 0 Å². The summed E-state index contributed by atoms with van der Waals surface area (Å²) in [4.78, 5) is 55.5. The topological polar surface area (TPSA) is 138 Å². The lowest BCUT2D eigenvalue weighted by atomic mass is 9.40. The van der Waals surface area contributed by atoms with E-state index in [1.54, 1.807) is 0 Å². The van der Waals surface area contributed by atoms with E-state index in [2.05, 4.69) is 27.4 Å². The quantitative estimate of drug-likeness (QED) is 0.193. The number of aliphatic hydroxyl groups excluding tert-OH is 1. The van der Waals surface area contributed by atoms with Crippen LogP contribution in [0.15, 0.2) is 12.2 Å². The van der Waals surface area contributed by atoms with E-state index < -0.39 is 76.0 Å². The normalized spacial score (nSPS) is 54.6. The summed E-state index contributed by atoms with van der Waals surface area (Å²) in [5.74, 6) is -1.57. The third-order valence-electron chi connectivity index (χ3n) is 18.0. The van der Waals surface area contributed by atoms with Gasteiger partial charge in [0.1, 0.15) is 29.0 Å². The van der Waals surface area contributed by atoms with Crippen molar-refractivity contribution in [1.29, 1.82) is 0 Å². The molecule has 9 aliphatic rings. The Morgan fingerprint density at radius 2 is 1.57 bits per heavy atom. The fourth-order valence-electron chi connectivity index (χ4n) is 16.6. The van der Waals surface area contributed by atoms with Crippen molar-refractivity contribution in [3.63, 3.8) is 0 Å². The van der Waals surface area contributed by atoms with Crippen LogP contribution >= 0.6 is 0 Å². The predicted octanol–water partition coefficient (Wildman–Crippen LogP) is 6.49. The Morgan fingerprint density at radius 1 is 0.870 bits per heavy atom. The Labute approximate surface area is 320 Å². The highest BCUT2D eigenvalue weighted by atomic mass is 16.7. The molecule has 1 unspecified atom stereocenters. The molecule has 9 fully saturated rings. The van der Waals surface area contributed by atoms with Crippen molar-refractivity contribution in [3.8, 4) is 0 Å². The molecule has 2 aliphatic heterocycles. The van der Waals surface area contributed by atoms with Crippen LogP contribution in [0.2, 0.25) is 0 Å². The second kappa shape index (κ2) is 11.3. The number of carbonyl (C=O) groups is 4. The van der Waals surface area contributed by atoms with Crippen LogP contribution in [0.5, 0.6) is 0 Å². The highest BCUT2D eigenvalue weighted by Crippen LogP contribution is 2.80. The van der Waals surface area contributed by atoms with Crippen LogP contribution in [0.4, 0.5) is 0 Å². The highest BCUT2D eigenvalue weighted by molar-refractivity contribution is 6.03. The Hall–Kier alpha value is -2.14. The highest BCUT2D eigenvalue weighted by Gasteiger charge is 2.91. The lowest BCUT2D eigenvalue weighted by Gasteiger charge is -2.65. The first-order valence-corrected chi connectivity index (χ1v) is 20.9. The van der Waals surface area contributed by atoms with Crippen molar-refractivity contribution in [3.05, 3.63) is 12.2 Å². The van der Waals surface area contributed by atoms with Gasteiger partial charge in [0.25, 0.3) is 0 Å². The van der Waals surface area contributed by atoms with Crippen molar-refractivity contribution in [2.45, 2.75) is 169 Å². The molecule has 2 saturated heterocycles. The van der Waals surface area contributed by atoms with Crippen molar-refractivity contribution >= 4 is 23.5 Å². The molecule has 3 spiro atoms. The van der Waals surface area contributed by atoms with Gasteiger partial charge in [-0.25, -0.2) is 0 Å². The molecule has 17 atom stereocenters. The third kappa shape index (κ3) is 4.33. The summed E-state index contributed by atoms with van der Waals surface area (Å²) >= 11 is 0. The molecule has 10 heteroatoms. The largest absolute Gasteiger partial charge is 0.459 e. The predicted molar refractivity (Wildman–Crippen MR) is 195 cm³/mol. The number of Topliss-reactive ketones (excluding diaryl/α,β-unsaturated/α-hetero) is 2. The van der Waals surface area contributed by atoms with E-state index in [1.807, 2.05) is 27.7 Å². The number of ketones is 2. The smallest absolute Gasteiger partial charge is 0.303 e. The van der Waals surface area contributed by atoms with E-state index >= 15 is 4.79 Å². The van der Waals surface area contributed by atoms with Crippen LogP contribution in [0.3, 0.4) is 0 Å². The van der Waals surface area contributed by atoms with Gasteiger partial charge in [0.15, 0.2) is 18.4 Å². The summed E-state index contributed by atoms with van der Waals surface area (Å²) in [6, 6.07) is 0. The molecule has 7 aliphatic carbocycles. The fourth-order valence-corrected chi connectivity index (χ4v) is 16.6. The maximum absolute atomic E-state index is 15.4. The van der Waals surface area contributed by atoms with Crippen molar-refractivity contribution < 1.29 is 48.0 Å². The minimum absolute atomic E-state index is 0.0129. The summed E-state index contributed by atoms with van der Waals surface area (Å²) in [5.41, 5.74) is -4.48. The summed E-state index contributed by atoms with van der Waals surface area (Å²) in [7, 11) is 0.